The van der Waals surface area contributed by atoms with Crippen LogP contribution < -0.4 is 9.47 Å². The number of benzene rings is 3. The second-order valence-electron chi connectivity index (χ2n) is 9.04. The van der Waals surface area contributed by atoms with Gasteiger partial charge in [0, 0.05) is 36.7 Å². The van der Waals surface area contributed by atoms with Crippen molar-refractivity contribution in [3.8, 4) is 23.0 Å². The summed E-state index contributed by atoms with van der Waals surface area (Å²) >= 11 is 0. The Kier molecular flexibility index (Phi) is 6.34. The lowest BCUT2D eigenvalue weighted by atomic mass is 9.86. The molecule has 2 heterocycles. The maximum absolute atomic E-state index is 12.6. The fourth-order valence-corrected chi connectivity index (χ4v) is 4.70. The lowest BCUT2D eigenvalue weighted by Crippen LogP contribution is -2.51. The number of phenols is 2. The number of hydrogen-bond donors (Lipinski definition) is 2. The molecule has 0 amide bonds. The van der Waals surface area contributed by atoms with Crippen LogP contribution in [0, 0.1) is 5.92 Å². The van der Waals surface area contributed by atoms with E-state index in [0.29, 0.717) is 37.7 Å². The van der Waals surface area contributed by atoms with Gasteiger partial charge in [-0.3, -0.25) is 4.90 Å². The van der Waals surface area contributed by atoms with Crippen LogP contribution in [0.4, 0.5) is 8.78 Å². The SMILES string of the molecule is CC1=C(c2cccc(O)c2)[C@H](c2ccc(OCCN3CC(C(F)F)C3)cc2)Oc2ccc(O)cc21. The number of fused-ring (bicyclic) bond motifs is 1. The van der Waals surface area contributed by atoms with Gasteiger partial charge in [0.05, 0.1) is 0 Å². The summed E-state index contributed by atoms with van der Waals surface area (Å²) in [6.45, 7) is 3.87. The first-order chi connectivity index (χ1) is 16.9. The van der Waals surface area contributed by atoms with Gasteiger partial charge in [-0.1, -0.05) is 24.3 Å². The van der Waals surface area contributed by atoms with Crippen molar-refractivity contribution in [2.75, 3.05) is 26.2 Å². The van der Waals surface area contributed by atoms with Crippen LogP contribution in [0.2, 0.25) is 0 Å². The molecule has 5 nitrogen and oxygen atoms in total. The molecule has 0 aliphatic carbocycles. The van der Waals surface area contributed by atoms with Crippen molar-refractivity contribution in [2.45, 2.75) is 19.5 Å². The summed E-state index contributed by atoms with van der Waals surface area (Å²) in [5, 5.41) is 20.1. The van der Waals surface area contributed by atoms with Gasteiger partial charge in [-0.05, 0) is 66.1 Å². The summed E-state index contributed by atoms with van der Waals surface area (Å²) in [6, 6.07) is 19.7. The minimum Gasteiger partial charge on any atom is -0.508 e. The van der Waals surface area contributed by atoms with E-state index in [1.54, 1.807) is 36.4 Å². The minimum absolute atomic E-state index is 0.157. The monoisotopic (exact) mass is 479 g/mol. The molecule has 5 rings (SSSR count). The van der Waals surface area contributed by atoms with Crippen LogP contribution in [0.3, 0.4) is 0 Å². The predicted molar refractivity (Wildman–Crippen MR) is 130 cm³/mol. The molecule has 1 saturated heterocycles. The fraction of sp³-hybridized carbons (Fsp3) is 0.286. The van der Waals surface area contributed by atoms with Crippen molar-refractivity contribution in [2.24, 2.45) is 5.92 Å². The molecule has 35 heavy (non-hydrogen) atoms. The third-order valence-corrected chi connectivity index (χ3v) is 6.64. The number of likely N-dealkylation sites (tertiary alicyclic amines) is 1. The van der Waals surface area contributed by atoms with Gasteiger partial charge in [-0.25, -0.2) is 8.78 Å². The zero-order valence-corrected chi connectivity index (χ0v) is 19.3. The summed E-state index contributed by atoms with van der Waals surface area (Å²) in [6.07, 6.45) is -2.67. The predicted octanol–water partition coefficient (Wildman–Crippen LogP) is 5.74. The van der Waals surface area contributed by atoms with Crippen LogP contribution in [-0.2, 0) is 0 Å². The number of nitrogens with zero attached hydrogens (tertiary/aromatic N) is 1. The van der Waals surface area contributed by atoms with E-state index in [1.807, 2.05) is 42.2 Å². The van der Waals surface area contributed by atoms with E-state index in [-0.39, 0.29) is 11.5 Å². The molecule has 2 aliphatic heterocycles. The Hall–Kier alpha value is -3.58. The van der Waals surface area contributed by atoms with Gasteiger partial charge in [0.1, 0.15) is 35.7 Å². The highest BCUT2D eigenvalue weighted by Gasteiger charge is 2.33. The van der Waals surface area contributed by atoms with Crippen LogP contribution in [0.25, 0.3) is 11.1 Å². The Labute approximate surface area is 202 Å². The van der Waals surface area contributed by atoms with E-state index in [0.717, 1.165) is 27.8 Å². The molecule has 0 spiro atoms. The molecule has 7 heteroatoms. The number of phenolic OH excluding ortho intramolecular Hbond substituents is 2. The summed E-state index contributed by atoms with van der Waals surface area (Å²) in [5.74, 6) is 1.17. The normalized spacial score (nSPS) is 18.2. The Bertz CT molecular complexity index is 1240. The van der Waals surface area contributed by atoms with Crippen molar-refractivity contribution in [3.63, 3.8) is 0 Å². The lowest BCUT2D eigenvalue weighted by Gasteiger charge is -2.38. The lowest BCUT2D eigenvalue weighted by molar-refractivity contribution is -0.0280. The largest absolute Gasteiger partial charge is 0.508 e. The highest BCUT2D eigenvalue weighted by Crippen LogP contribution is 2.47. The van der Waals surface area contributed by atoms with Gasteiger partial charge < -0.3 is 19.7 Å². The molecule has 2 aliphatic rings. The van der Waals surface area contributed by atoms with Gasteiger partial charge in [-0.15, -0.1) is 0 Å². The van der Waals surface area contributed by atoms with E-state index in [1.165, 1.54) is 0 Å². The maximum atomic E-state index is 12.6. The third kappa shape index (κ3) is 4.82. The molecule has 0 saturated carbocycles. The topological polar surface area (TPSA) is 62.2 Å². The van der Waals surface area contributed by atoms with E-state index < -0.39 is 18.4 Å². The molecule has 1 atom stereocenters. The van der Waals surface area contributed by atoms with Gasteiger partial charge >= 0.3 is 0 Å². The fourth-order valence-electron chi connectivity index (χ4n) is 4.70. The average molecular weight is 480 g/mol. The summed E-state index contributed by atoms with van der Waals surface area (Å²) in [7, 11) is 0. The molecule has 0 aromatic heterocycles. The van der Waals surface area contributed by atoms with Gasteiger partial charge in [0.2, 0.25) is 6.43 Å². The maximum Gasteiger partial charge on any atom is 0.243 e. The Morgan fingerprint density at radius 2 is 1.74 bits per heavy atom. The van der Waals surface area contributed by atoms with Crippen LogP contribution in [0.5, 0.6) is 23.0 Å². The highest BCUT2D eigenvalue weighted by molar-refractivity contribution is 5.95. The van der Waals surface area contributed by atoms with Crippen LogP contribution in [-0.4, -0.2) is 47.8 Å². The summed E-state index contributed by atoms with van der Waals surface area (Å²) < 4.78 is 37.5. The van der Waals surface area contributed by atoms with Gasteiger partial charge in [0.15, 0.2) is 0 Å². The smallest absolute Gasteiger partial charge is 0.243 e. The highest BCUT2D eigenvalue weighted by atomic mass is 19.3. The number of allylic oxidation sites excluding steroid dienone is 1. The van der Waals surface area contributed by atoms with E-state index in [9.17, 15) is 19.0 Å². The molecule has 3 aromatic carbocycles. The zero-order chi connectivity index (χ0) is 24.5. The molecular formula is C28H27F2NO4. The van der Waals surface area contributed by atoms with E-state index >= 15 is 0 Å². The molecule has 0 bridgehead atoms. The number of halogens is 2. The van der Waals surface area contributed by atoms with Crippen LogP contribution in [0.1, 0.15) is 29.7 Å². The number of alkyl halides is 2. The Morgan fingerprint density at radius 1 is 1.00 bits per heavy atom. The first-order valence-corrected chi connectivity index (χ1v) is 11.6. The first-order valence-electron chi connectivity index (χ1n) is 11.6. The molecule has 0 unspecified atom stereocenters. The van der Waals surface area contributed by atoms with Crippen molar-refractivity contribution in [3.05, 3.63) is 83.4 Å². The molecule has 0 radical (unpaired) electrons. The molecule has 3 aromatic rings. The number of hydrogen-bond acceptors (Lipinski definition) is 5. The van der Waals surface area contributed by atoms with Crippen LogP contribution >= 0.6 is 0 Å². The van der Waals surface area contributed by atoms with Crippen molar-refractivity contribution < 1.29 is 28.5 Å². The van der Waals surface area contributed by atoms with Crippen molar-refractivity contribution in [1.29, 1.82) is 0 Å². The second kappa shape index (κ2) is 9.58. The molecular weight excluding hydrogens is 452 g/mol. The number of ether oxygens (including phenoxy) is 2. The van der Waals surface area contributed by atoms with Gasteiger partial charge in [-0.2, -0.15) is 0 Å². The minimum atomic E-state index is -2.25. The summed E-state index contributed by atoms with van der Waals surface area (Å²) in [4.78, 5) is 1.96. The molecule has 1 fully saturated rings. The number of rotatable bonds is 7. The quantitative estimate of drug-likeness (QED) is 0.453. The number of aromatic hydroxyl groups is 2. The van der Waals surface area contributed by atoms with E-state index in [2.05, 4.69) is 0 Å². The molecule has 182 valence electrons. The molecule has 2 N–H and O–H groups in total. The van der Waals surface area contributed by atoms with E-state index in [4.69, 9.17) is 9.47 Å². The Morgan fingerprint density at radius 3 is 2.46 bits per heavy atom. The third-order valence-electron chi connectivity index (χ3n) is 6.64. The first kappa shape index (κ1) is 23.2. The van der Waals surface area contributed by atoms with Gasteiger partial charge in [0.25, 0.3) is 0 Å². The average Bonchev–Trinajstić information content (AvgIpc) is 2.81. The standard InChI is InChI=1S/C28H27F2NO4/c1-17-24-14-22(33)7-10-25(24)35-27(26(17)19-3-2-4-21(32)13-19)18-5-8-23(9-6-18)34-12-11-31-15-20(16-31)28(29)30/h2-10,13-14,20,27-28,32-33H,11-12,15-16H2,1H3/t27-/m0/s1. The van der Waals surface area contributed by atoms with Crippen LogP contribution in [0.15, 0.2) is 66.7 Å². The second-order valence-corrected chi connectivity index (χ2v) is 9.04. The Balaban J connectivity index is 1.35. The van der Waals surface area contributed by atoms with Crippen molar-refractivity contribution >= 4 is 11.1 Å². The van der Waals surface area contributed by atoms with Crippen molar-refractivity contribution in [1.82, 2.24) is 4.90 Å². The summed E-state index contributed by atoms with van der Waals surface area (Å²) in [5.41, 5.74) is 4.41. The zero-order valence-electron chi connectivity index (χ0n) is 19.3.